The van der Waals surface area contributed by atoms with Crippen LogP contribution >= 0.6 is 34.4 Å². The molecule has 29 heavy (non-hydrogen) atoms. The third-order valence-corrected chi connectivity index (χ3v) is 7.02. The van der Waals surface area contributed by atoms with Crippen molar-refractivity contribution in [2.45, 2.75) is 11.9 Å². The van der Waals surface area contributed by atoms with Crippen LogP contribution in [0.4, 0.5) is 10.1 Å². The molecule has 1 aromatic carbocycles. The molecule has 1 N–H and O–H groups in total. The average Bonchev–Trinajstić information content (AvgIpc) is 3.38. The fourth-order valence-corrected chi connectivity index (χ4v) is 4.97. The van der Waals surface area contributed by atoms with E-state index < -0.39 is 0 Å². The highest BCUT2D eigenvalue weighted by atomic mass is 32.2. The molecule has 146 valence electrons. The molecular formula is C20H15FN4OS3. The zero-order valence-corrected chi connectivity index (χ0v) is 17.7. The van der Waals surface area contributed by atoms with Gasteiger partial charge in [0.2, 0.25) is 5.91 Å². The molecule has 4 aromatic rings. The van der Waals surface area contributed by atoms with Crippen molar-refractivity contribution in [2.24, 2.45) is 0 Å². The molecule has 0 radical (unpaired) electrons. The van der Waals surface area contributed by atoms with E-state index in [1.165, 1.54) is 36.0 Å². The maximum atomic E-state index is 12.9. The third kappa shape index (κ3) is 4.87. The second kappa shape index (κ2) is 8.81. The summed E-state index contributed by atoms with van der Waals surface area (Å²) < 4.78 is 12.9. The molecule has 0 aliphatic carbocycles. The molecule has 0 saturated carbocycles. The highest BCUT2D eigenvalue weighted by molar-refractivity contribution is 7.99. The zero-order valence-electron chi connectivity index (χ0n) is 15.3. The van der Waals surface area contributed by atoms with Crippen LogP contribution in [0.15, 0.2) is 58.9 Å². The number of halogens is 1. The van der Waals surface area contributed by atoms with Crippen molar-refractivity contribution >= 4 is 46.0 Å². The number of hydrogen-bond donors (Lipinski definition) is 1. The maximum absolute atomic E-state index is 12.9. The summed E-state index contributed by atoms with van der Waals surface area (Å²) in [5.41, 5.74) is 2.25. The minimum atomic E-state index is -0.341. The van der Waals surface area contributed by atoms with E-state index in [9.17, 15) is 9.18 Å². The van der Waals surface area contributed by atoms with Gasteiger partial charge in [-0.1, -0.05) is 17.8 Å². The lowest BCUT2D eigenvalue weighted by atomic mass is 10.3. The Morgan fingerprint density at radius 2 is 1.97 bits per heavy atom. The number of amides is 1. The lowest BCUT2D eigenvalue weighted by molar-refractivity contribution is -0.113. The predicted molar refractivity (Wildman–Crippen MR) is 117 cm³/mol. The van der Waals surface area contributed by atoms with E-state index in [2.05, 4.69) is 26.6 Å². The van der Waals surface area contributed by atoms with E-state index >= 15 is 0 Å². The van der Waals surface area contributed by atoms with Gasteiger partial charge in [-0.25, -0.2) is 9.37 Å². The number of benzene rings is 1. The Balaban J connectivity index is 1.38. The molecule has 1 amide bonds. The highest BCUT2D eigenvalue weighted by Crippen LogP contribution is 2.36. The van der Waals surface area contributed by atoms with Crippen molar-refractivity contribution in [1.29, 1.82) is 0 Å². The summed E-state index contributed by atoms with van der Waals surface area (Å²) in [5, 5.41) is 14.9. The van der Waals surface area contributed by atoms with Crippen LogP contribution in [0, 0.1) is 12.7 Å². The van der Waals surface area contributed by atoms with Gasteiger partial charge in [-0.05, 0) is 54.8 Å². The SMILES string of the molecule is Cc1nc(-c2cccs2)sc1-c1ccc(SCC(=O)Nc2ccc(F)cc2)nn1. The Morgan fingerprint density at radius 1 is 1.14 bits per heavy atom. The molecule has 0 aliphatic rings. The summed E-state index contributed by atoms with van der Waals surface area (Å²) in [6.07, 6.45) is 0. The second-order valence-electron chi connectivity index (χ2n) is 6.01. The topological polar surface area (TPSA) is 67.8 Å². The predicted octanol–water partition coefficient (Wildman–Crippen LogP) is 5.51. The van der Waals surface area contributed by atoms with E-state index in [0.717, 1.165) is 26.1 Å². The van der Waals surface area contributed by atoms with Gasteiger partial charge in [0.1, 0.15) is 21.5 Å². The number of thioether (sulfide) groups is 1. The van der Waals surface area contributed by atoms with Crippen LogP contribution in [0.25, 0.3) is 20.5 Å². The van der Waals surface area contributed by atoms with E-state index in [1.54, 1.807) is 22.7 Å². The van der Waals surface area contributed by atoms with Crippen LogP contribution < -0.4 is 5.32 Å². The first-order valence-electron chi connectivity index (χ1n) is 8.62. The van der Waals surface area contributed by atoms with Gasteiger partial charge in [-0.3, -0.25) is 4.79 Å². The molecule has 0 spiro atoms. The summed E-state index contributed by atoms with van der Waals surface area (Å²) >= 11 is 4.55. The summed E-state index contributed by atoms with van der Waals surface area (Å²) in [4.78, 5) is 18.8. The number of aromatic nitrogens is 3. The quantitative estimate of drug-likeness (QED) is 0.399. The summed E-state index contributed by atoms with van der Waals surface area (Å²) in [6.45, 7) is 1.97. The standard InChI is InChI=1S/C20H15FN4OS3/c1-12-19(29-20(22-12)16-3-2-10-27-16)15-8-9-18(25-24-15)28-11-17(26)23-14-6-4-13(21)5-7-14/h2-10H,11H2,1H3,(H,23,26). The Bertz CT molecular complexity index is 1110. The van der Waals surface area contributed by atoms with Crippen molar-refractivity contribution in [3.8, 4) is 20.5 Å². The van der Waals surface area contributed by atoms with Gasteiger partial charge in [0, 0.05) is 5.69 Å². The Morgan fingerprint density at radius 3 is 2.66 bits per heavy atom. The monoisotopic (exact) mass is 442 g/mol. The van der Waals surface area contributed by atoms with Gasteiger partial charge in [0.05, 0.1) is 21.2 Å². The smallest absolute Gasteiger partial charge is 0.234 e. The molecule has 5 nitrogen and oxygen atoms in total. The molecule has 0 saturated heterocycles. The number of carbonyl (C=O) groups excluding carboxylic acids is 1. The van der Waals surface area contributed by atoms with Gasteiger partial charge in [0.25, 0.3) is 0 Å². The number of nitrogens with one attached hydrogen (secondary N) is 1. The van der Waals surface area contributed by atoms with E-state index in [0.29, 0.717) is 10.7 Å². The van der Waals surface area contributed by atoms with Gasteiger partial charge in [0.15, 0.2) is 0 Å². The van der Waals surface area contributed by atoms with Crippen LogP contribution in [0.3, 0.4) is 0 Å². The molecule has 0 aliphatic heterocycles. The number of aryl methyl sites for hydroxylation is 1. The van der Waals surface area contributed by atoms with E-state index in [4.69, 9.17) is 0 Å². The zero-order chi connectivity index (χ0) is 20.2. The van der Waals surface area contributed by atoms with Crippen LogP contribution in [-0.4, -0.2) is 26.8 Å². The lowest BCUT2D eigenvalue weighted by Gasteiger charge is -2.05. The molecule has 9 heteroatoms. The van der Waals surface area contributed by atoms with E-state index in [-0.39, 0.29) is 17.5 Å². The minimum absolute atomic E-state index is 0.188. The number of thiophene rings is 1. The average molecular weight is 443 g/mol. The fourth-order valence-electron chi connectivity index (χ4n) is 2.53. The highest BCUT2D eigenvalue weighted by Gasteiger charge is 2.14. The number of carbonyl (C=O) groups is 1. The largest absolute Gasteiger partial charge is 0.325 e. The van der Waals surface area contributed by atoms with Crippen LogP contribution in [0.2, 0.25) is 0 Å². The number of rotatable bonds is 6. The molecule has 0 atom stereocenters. The molecule has 0 bridgehead atoms. The van der Waals surface area contributed by atoms with Crippen LogP contribution in [-0.2, 0) is 4.79 Å². The van der Waals surface area contributed by atoms with Crippen molar-refractivity contribution in [3.63, 3.8) is 0 Å². The lowest BCUT2D eigenvalue weighted by Crippen LogP contribution is -2.14. The first-order valence-corrected chi connectivity index (χ1v) is 11.3. The third-order valence-electron chi connectivity index (χ3n) is 3.88. The second-order valence-corrected chi connectivity index (χ2v) is 8.95. The fraction of sp³-hybridized carbons (Fsp3) is 0.100. The Kier molecular flexibility index (Phi) is 5.98. The first kappa shape index (κ1) is 19.7. The molecule has 4 rings (SSSR count). The van der Waals surface area contributed by atoms with Crippen molar-refractivity contribution < 1.29 is 9.18 Å². The number of thiazole rings is 1. The Hall–Kier alpha value is -2.62. The van der Waals surface area contributed by atoms with Gasteiger partial charge in [-0.15, -0.1) is 32.9 Å². The first-order chi connectivity index (χ1) is 14.1. The summed E-state index contributed by atoms with van der Waals surface area (Å²) in [7, 11) is 0. The molecule has 0 unspecified atom stereocenters. The normalized spacial score (nSPS) is 10.8. The number of hydrogen-bond acceptors (Lipinski definition) is 7. The Labute approximate surface area is 179 Å². The number of anilines is 1. The van der Waals surface area contributed by atoms with Crippen LogP contribution in [0.5, 0.6) is 0 Å². The summed E-state index contributed by atoms with van der Waals surface area (Å²) in [6, 6.07) is 13.5. The van der Waals surface area contributed by atoms with E-state index in [1.807, 2.05) is 30.5 Å². The van der Waals surface area contributed by atoms with Crippen molar-refractivity contribution in [2.75, 3.05) is 11.1 Å². The van der Waals surface area contributed by atoms with Gasteiger partial charge in [-0.2, -0.15) is 0 Å². The molecule has 3 heterocycles. The molecule has 3 aromatic heterocycles. The van der Waals surface area contributed by atoms with Gasteiger partial charge >= 0.3 is 0 Å². The maximum Gasteiger partial charge on any atom is 0.234 e. The van der Waals surface area contributed by atoms with Crippen molar-refractivity contribution in [3.05, 3.63) is 65.4 Å². The molecular weight excluding hydrogens is 427 g/mol. The summed E-state index contributed by atoms with van der Waals surface area (Å²) in [5.74, 6) is -0.342. The molecule has 0 fully saturated rings. The van der Waals surface area contributed by atoms with Crippen LogP contribution in [0.1, 0.15) is 5.69 Å². The van der Waals surface area contributed by atoms with Gasteiger partial charge < -0.3 is 5.32 Å². The van der Waals surface area contributed by atoms with Crippen molar-refractivity contribution in [1.82, 2.24) is 15.2 Å². The minimum Gasteiger partial charge on any atom is -0.325 e. The number of nitrogens with zero attached hydrogens (tertiary/aromatic N) is 3.